The number of H-pyrrole nitrogens is 1. The van der Waals surface area contributed by atoms with Crippen molar-refractivity contribution in [2.45, 2.75) is 36.5 Å². The van der Waals surface area contributed by atoms with Crippen LogP contribution in [0, 0.1) is 18.8 Å². The number of piperidine rings is 1. The molecule has 2 aromatic rings. The van der Waals surface area contributed by atoms with Gasteiger partial charge in [-0.2, -0.15) is 9.40 Å². The highest BCUT2D eigenvalue weighted by molar-refractivity contribution is 7.89. The second-order valence-electron chi connectivity index (χ2n) is 8.52. The molecule has 9 heteroatoms. The number of amides is 1. The number of nitrogens with one attached hydrogen (secondary N) is 1. The summed E-state index contributed by atoms with van der Waals surface area (Å²) in [5.74, 6) is 1.77. The predicted octanol–water partition coefficient (Wildman–Crippen LogP) is 1.31. The van der Waals surface area contributed by atoms with Crippen LogP contribution < -0.4 is 0 Å². The Bertz CT molecular complexity index is 1030. The van der Waals surface area contributed by atoms with Crippen molar-refractivity contribution in [3.05, 3.63) is 42.0 Å². The van der Waals surface area contributed by atoms with E-state index in [4.69, 9.17) is 0 Å². The van der Waals surface area contributed by atoms with Crippen LogP contribution in [0.2, 0.25) is 0 Å². The fourth-order valence-electron chi connectivity index (χ4n) is 4.80. The number of hydrogen-bond donors (Lipinski definition) is 1. The van der Waals surface area contributed by atoms with Gasteiger partial charge in [0.25, 0.3) is 0 Å². The lowest BCUT2D eigenvalue weighted by molar-refractivity contribution is -0.131. The molecule has 1 aromatic heterocycles. The molecule has 0 unspecified atom stereocenters. The van der Waals surface area contributed by atoms with Crippen molar-refractivity contribution in [3.8, 4) is 0 Å². The van der Waals surface area contributed by atoms with Gasteiger partial charge in [-0.1, -0.05) is 18.2 Å². The molecule has 3 aliphatic rings. The number of sulfonamides is 1. The van der Waals surface area contributed by atoms with E-state index in [1.807, 2.05) is 17.9 Å². The molecule has 3 fully saturated rings. The number of fused-ring (bicyclic) bond motifs is 1. The summed E-state index contributed by atoms with van der Waals surface area (Å²) in [7, 11) is -3.56. The molecule has 1 saturated carbocycles. The van der Waals surface area contributed by atoms with Crippen molar-refractivity contribution in [3.63, 3.8) is 0 Å². The number of hydrogen-bond acceptors (Lipinski definition) is 5. The van der Waals surface area contributed by atoms with Gasteiger partial charge in [-0.25, -0.2) is 13.4 Å². The van der Waals surface area contributed by atoms with Crippen molar-refractivity contribution in [1.82, 2.24) is 24.4 Å². The first-order chi connectivity index (χ1) is 13.9. The molecule has 0 spiro atoms. The van der Waals surface area contributed by atoms with E-state index in [0.29, 0.717) is 43.3 Å². The van der Waals surface area contributed by atoms with Gasteiger partial charge in [-0.15, -0.1) is 0 Å². The van der Waals surface area contributed by atoms with E-state index >= 15 is 0 Å². The molecule has 0 radical (unpaired) electrons. The maximum atomic E-state index is 13.2. The Morgan fingerprint density at radius 2 is 1.97 bits per heavy atom. The Morgan fingerprint density at radius 3 is 2.62 bits per heavy atom. The van der Waals surface area contributed by atoms with E-state index in [1.165, 1.54) is 0 Å². The number of benzene rings is 1. The van der Waals surface area contributed by atoms with Crippen molar-refractivity contribution in [1.29, 1.82) is 0 Å². The lowest BCUT2D eigenvalue weighted by Crippen LogP contribution is -2.51. The third kappa shape index (κ3) is 3.07. The Hall–Kier alpha value is -2.26. The SMILES string of the molecule is Cc1nc([C@@]23CCN(S(=O)(=O)c4ccccc4)C[C@@H]2CN(C(=O)C2CC2)C3)n[nH]1. The summed E-state index contributed by atoms with van der Waals surface area (Å²) < 4.78 is 27.9. The predicted molar refractivity (Wildman–Crippen MR) is 105 cm³/mol. The van der Waals surface area contributed by atoms with Gasteiger partial charge in [0.05, 0.1) is 10.3 Å². The maximum Gasteiger partial charge on any atom is 0.243 e. The average Bonchev–Trinajstić information content (AvgIpc) is 3.36. The van der Waals surface area contributed by atoms with Crippen LogP contribution in [0.5, 0.6) is 0 Å². The normalized spacial score (nSPS) is 27.8. The van der Waals surface area contributed by atoms with Crippen molar-refractivity contribution in [2.24, 2.45) is 11.8 Å². The molecule has 3 heterocycles. The molecule has 154 valence electrons. The molecule has 2 aliphatic heterocycles. The lowest BCUT2D eigenvalue weighted by atomic mass is 9.72. The molecule has 5 rings (SSSR count). The van der Waals surface area contributed by atoms with Crippen LogP contribution in [0.15, 0.2) is 35.2 Å². The lowest BCUT2D eigenvalue weighted by Gasteiger charge is -2.40. The molecule has 1 aliphatic carbocycles. The zero-order chi connectivity index (χ0) is 20.2. The molecule has 2 atom stereocenters. The summed E-state index contributed by atoms with van der Waals surface area (Å²) in [5, 5.41) is 7.35. The smallest absolute Gasteiger partial charge is 0.243 e. The first-order valence-corrected chi connectivity index (χ1v) is 11.6. The van der Waals surface area contributed by atoms with E-state index in [2.05, 4.69) is 15.2 Å². The summed E-state index contributed by atoms with van der Waals surface area (Å²) in [6, 6.07) is 8.55. The van der Waals surface area contributed by atoms with Crippen molar-refractivity contribution >= 4 is 15.9 Å². The molecule has 0 bridgehead atoms. The third-order valence-electron chi connectivity index (χ3n) is 6.59. The first kappa shape index (κ1) is 18.7. The first-order valence-electron chi connectivity index (χ1n) is 10.1. The number of aromatic nitrogens is 3. The van der Waals surface area contributed by atoms with Crippen LogP contribution in [0.4, 0.5) is 0 Å². The van der Waals surface area contributed by atoms with E-state index in [-0.39, 0.29) is 17.7 Å². The summed E-state index contributed by atoms with van der Waals surface area (Å²) in [5.41, 5.74) is -0.391. The van der Waals surface area contributed by atoms with E-state index in [0.717, 1.165) is 18.7 Å². The number of carbonyl (C=O) groups is 1. The molecule has 29 heavy (non-hydrogen) atoms. The molecule has 1 N–H and O–H groups in total. The Morgan fingerprint density at radius 1 is 1.21 bits per heavy atom. The second-order valence-corrected chi connectivity index (χ2v) is 10.5. The highest BCUT2D eigenvalue weighted by atomic mass is 32.2. The fourth-order valence-corrected chi connectivity index (χ4v) is 6.31. The van der Waals surface area contributed by atoms with E-state index in [1.54, 1.807) is 28.6 Å². The highest BCUT2D eigenvalue weighted by Gasteiger charge is 2.56. The third-order valence-corrected chi connectivity index (χ3v) is 8.47. The average molecular weight is 416 g/mol. The van der Waals surface area contributed by atoms with Gasteiger partial charge in [-0.3, -0.25) is 9.89 Å². The monoisotopic (exact) mass is 415 g/mol. The minimum Gasteiger partial charge on any atom is -0.341 e. The van der Waals surface area contributed by atoms with Gasteiger partial charge in [0.15, 0.2) is 5.82 Å². The Kier molecular flexibility index (Phi) is 4.29. The zero-order valence-corrected chi connectivity index (χ0v) is 17.2. The number of likely N-dealkylation sites (tertiary alicyclic amines) is 1. The second kappa shape index (κ2) is 6.63. The molecule has 1 amide bonds. The molecule has 8 nitrogen and oxygen atoms in total. The van der Waals surface area contributed by atoms with Crippen molar-refractivity contribution < 1.29 is 13.2 Å². The van der Waals surface area contributed by atoms with E-state index < -0.39 is 15.4 Å². The standard InChI is InChI=1S/C20H25N5O3S/c1-14-21-19(23-22-14)20-9-10-25(29(27,28)17-5-3-2-4-6-17)12-16(20)11-24(13-20)18(26)15-7-8-15/h2-6,15-16H,7-13H2,1H3,(H,21,22,23)/t16-,20+/m0/s1. The van der Waals surface area contributed by atoms with Crippen LogP contribution in [-0.4, -0.2) is 64.9 Å². The minimum absolute atomic E-state index is 0.0207. The Balaban J connectivity index is 1.46. The minimum atomic E-state index is -3.56. The van der Waals surface area contributed by atoms with Crippen LogP contribution in [0.1, 0.15) is 30.9 Å². The number of nitrogens with zero attached hydrogens (tertiary/aromatic N) is 4. The number of aryl methyl sites for hydroxylation is 1. The summed E-state index contributed by atoms with van der Waals surface area (Å²) in [6.07, 6.45) is 2.53. The van der Waals surface area contributed by atoms with Gasteiger partial charge < -0.3 is 4.90 Å². The van der Waals surface area contributed by atoms with Gasteiger partial charge in [0, 0.05) is 38.0 Å². The molecular formula is C20H25N5O3S. The maximum absolute atomic E-state index is 13.2. The number of aromatic amines is 1. The van der Waals surface area contributed by atoms with Crippen LogP contribution >= 0.6 is 0 Å². The van der Waals surface area contributed by atoms with Gasteiger partial charge in [0.1, 0.15) is 5.82 Å². The number of carbonyl (C=O) groups excluding carboxylic acids is 1. The van der Waals surface area contributed by atoms with Crippen molar-refractivity contribution in [2.75, 3.05) is 26.2 Å². The largest absolute Gasteiger partial charge is 0.341 e. The molecular weight excluding hydrogens is 390 g/mol. The van der Waals surface area contributed by atoms with Gasteiger partial charge in [-0.05, 0) is 38.3 Å². The van der Waals surface area contributed by atoms with Gasteiger partial charge >= 0.3 is 0 Å². The zero-order valence-electron chi connectivity index (χ0n) is 16.4. The van der Waals surface area contributed by atoms with Crippen LogP contribution in [-0.2, 0) is 20.2 Å². The Labute approximate surface area is 170 Å². The van der Waals surface area contributed by atoms with Crippen LogP contribution in [0.3, 0.4) is 0 Å². The van der Waals surface area contributed by atoms with Crippen LogP contribution in [0.25, 0.3) is 0 Å². The summed E-state index contributed by atoms with van der Waals surface area (Å²) in [4.78, 5) is 19.6. The topological polar surface area (TPSA) is 99.3 Å². The quantitative estimate of drug-likeness (QED) is 0.812. The summed E-state index contributed by atoms with van der Waals surface area (Å²) >= 11 is 0. The number of rotatable bonds is 4. The fraction of sp³-hybridized carbons (Fsp3) is 0.550. The molecule has 1 aromatic carbocycles. The summed E-state index contributed by atoms with van der Waals surface area (Å²) in [6.45, 7) is 3.76. The van der Waals surface area contributed by atoms with E-state index in [9.17, 15) is 13.2 Å². The van der Waals surface area contributed by atoms with Gasteiger partial charge in [0.2, 0.25) is 15.9 Å². The molecule has 2 saturated heterocycles. The highest BCUT2D eigenvalue weighted by Crippen LogP contribution is 2.46.